The number of rotatable bonds is 5. The average Bonchev–Trinajstić information content (AvgIpc) is 3.01. The Morgan fingerprint density at radius 1 is 1.00 bits per heavy atom. The number of carboxylic acids is 1. The van der Waals surface area contributed by atoms with Gasteiger partial charge >= 0.3 is 11.7 Å². The molecule has 10 nitrogen and oxygen atoms in total. The van der Waals surface area contributed by atoms with E-state index in [1.165, 1.54) is 31.2 Å². The highest BCUT2D eigenvalue weighted by Gasteiger charge is 2.14. The van der Waals surface area contributed by atoms with E-state index in [9.17, 15) is 19.5 Å². The zero-order chi connectivity index (χ0) is 20.3. The van der Waals surface area contributed by atoms with Gasteiger partial charge in [-0.15, -0.1) is 5.11 Å². The van der Waals surface area contributed by atoms with Gasteiger partial charge < -0.3 is 25.5 Å². The zero-order valence-corrected chi connectivity index (χ0v) is 14.6. The average molecular weight is 381 g/mol. The molecule has 2 aromatic carbocycles. The number of aromatic nitrogens is 2. The maximum atomic E-state index is 12.4. The Hall–Kier alpha value is -4.21. The van der Waals surface area contributed by atoms with Gasteiger partial charge in [0, 0.05) is 5.69 Å². The molecule has 3 rings (SSSR count). The second kappa shape index (κ2) is 7.58. The van der Waals surface area contributed by atoms with Crippen LogP contribution in [0.2, 0.25) is 0 Å². The number of fused-ring (bicyclic) bond motifs is 1. The van der Waals surface area contributed by atoms with Crippen molar-refractivity contribution in [2.24, 2.45) is 10.2 Å². The smallest absolute Gasteiger partial charge is 0.335 e. The van der Waals surface area contributed by atoms with Crippen LogP contribution >= 0.6 is 0 Å². The third-order valence-electron chi connectivity index (χ3n) is 3.71. The van der Waals surface area contributed by atoms with Gasteiger partial charge in [-0.3, -0.25) is 4.79 Å². The van der Waals surface area contributed by atoms with Crippen molar-refractivity contribution in [1.82, 2.24) is 9.97 Å². The fourth-order valence-electron chi connectivity index (χ4n) is 2.36. The number of azo groups is 1. The van der Waals surface area contributed by atoms with E-state index in [4.69, 9.17) is 5.11 Å². The number of hydrogen-bond acceptors (Lipinski definition) is 6. The summed E-state index contributed by atoms with van der Waals surface area (Å²) in [4.78, 5) is 39.7. The minimum atomic E-state index is -1.07. The predicted molar refractivity (Wildman–Crippen MR) is 101 cm³/mol. The number of anilines is 1. The zero-order valence-electron chi connectivity index (χ0n) is 14.6. The summed E-state index contributed by atoms with van der Waals surface area (Å²) in [7, 11) is 0. The van der Waals surface area contributed by atoms with Crippen molar-refractivity contribution < 1.29 is 19.8 Å². The first-order valence-corrected chi connectivity index (χ1v) is 8.02. The summed E-state index contributed by atoms with van der Waals surface area (Å²) in [5.74, 6) is -2.13. The van der Waals surface area contributed by atoms with Crippen LogP contribution in [0.15, 0.2) is 68.9 Å². The van der Waals surface area contributed by atoms with Gasteiger partial charge in [-0.2, -0.15) is 5.11 Å². The van der Waals surface area contributed by atoms with Crippen molar-refractivity contribution in [3.05, 3.63) is 70.0 Å². The van der Waals surface area contributed by atoms with Crippen molar-refractivity contribution in [3.8, 4) is 0 Å². The Balaban J connectivity index is 1.79. The second-order valence-electron chi connectivity index (χ2n) is 5.78. The molecule has 1 aromatic heterocycles. The molecule has 0 radical (unpaired) electrons. The van der Waals surface area contributed by atoms with Crippen LogP contribution in [-0.4, -0.2) is 32.1 Å². The van der Waals surface area contributed by atoms with Gasteiger partial charge in [0.25, 0.3) is 5.91 Å². The number of carbonyl (C=O) groups is 2. The lowest BCUT2D eigenvalue weighted by molar-refractivity contribution is -0.113. The van der Waals surface area contributed by atoms with Crippen LogP contribution in [-0.2, 0) is 4.79 Å². The number of carbonyl (C=O) groups excluding carboxylic acids is 1. The number of amides is 1. The van der Waals surface area contributed by atoms with Crippen LogP contribution in [0.1, 0.15) is 17.3 Å². The Morgan fingerprint density at radius 2 is 1.68 bits per heavy atom. The van der Waals surface area contributed by atoms with Crippen LogP contribution in [0.5, 0.6) is 0 Å². The Morgan fingerprint density at radius 3 is 2.32 bits per heavy atom. The van der Waals surface area contributed by atoms with E-state index in [0.29, 0.717) is 22.4 Å². The molecule has 0 atom stereocenters. The molecular weight excluding hydrogens is 366 g/mol. The molecule has 0 bridgehead atoms. The van der Waals surface area contributed by atoms with Crippen LogP contribution in [0.4, 0.5) is 11.4 Å². The lowest BCUT2D eigenvalue weighted by Gasteiger charge is -2.06. The molecule has 0 aliphatic heterocycles. The van der Waals surface area contributed by atoms with Crippen LogP contribution in [0.25, 0.3) is 11.0 Å². The summed E-state index contributed by atoms with van der Waals surface area (Å²) < 4.78 is 0. The maximum absolute atomic E-state index is 12.4. The molecule has 0 aliphatic carbocycles. The molecule has 142 valence electrons. The van der Waals surface area contributed by atoms with Crippen LogP contribution in [0, 0.1) is 0 Å². The SMILES string of the molecule is C/C(O)=C(\N=Nc1ccc(C(=O)O)cc1)C(=O)Nc1ccc2[nH]c(=O)[nH]c2c1. The van der Waals surface area contributed by atoms with Crippen LogP contribution in [0.3, 0.4) is 0 Å². The van der Waals surface area contributed by atoms with Gasteiger partial charge in [0.1, 0.15) is 5.76 Å². The molecule has 1 amide bonds. The van der Waals surface area contributed by atoms with E-state index < -0.39 is 11.9 Å². The Labute approximate surface area is 157 Å². The molecule has 0 saturated carbocycles. The van der Waals surface area contributed by atoms with Crippen LogP contribution < -0.4 is 11.0 Å². The highest BCUT2D eigenvalue weighted by Crippen LogP contribution is 2.19. The third-order valence-corrected chi connectivity index (χ3v) is 3.71. The molecule has 3 aromatic rings. The number of aliphatic hydroxyl groups excluding tert-OH is 1. The number of nitrogens with zero attached hydrogens (tertiary/aromatic N) is 2. The minimum absolute atomic E-state index is 0.0870. The Kier molecular flexibility index (Phi) is 5.03. The number of aliphatic hydroxyl groups is 1. The standard InChI is InChI=1S/C18H15N5O5/c1-9(24)15(23-22-11-4-2-10(3-5-11)17(26)27)16(25)19-12-6-7-13-14(8-12)21-18(28)20-13/h2-8,24H,1H3,(H,19,25)(H,26,27)(H2,20,21,28)/b15-9+,23-22?. The molecule has 0 fully saturated rings. The van der Waals surface area contributed by atoms with Gasteiger partial charge in [0.15, 0.2) is 5.70 Å². The lowest BCUT2D eigenvalue weighted by Crippen LogP contribution is -2.14. The molecule has 0 unspecified atom stereocenters. The number of imidazole rings is 1. The van der Waals surface area contributed by atoms with E-state index >= 15 is 0 Å². The summed E-state index contributed by atoms with van der Waals surface area (Å²) in [6.07, 6.45) is 0. The van der Waals surface area contributed by atoms with Gasteiger partial charge in [-0.05, 0) is 49.4 Å². The summed E-state index contributed by atoms with van der Waals surface area (Å²) in [5.41, 5.74) is 1.19. The highest BCUT2D eigenvalue weighted by molar-refractivity contribution is 6.04. The van der Waals surface area contributed by atoms with Crippen molar-refractivity contribution in [3.63, 3.8) is 0 Å². The van der Waals surface area contributed by atoms with E-state index in [2.05, 4.69) is 25.5 Å². The molecule has 0 spiro atoms. The van der Waals surface area contributed by atoms with Gasteiger partial charge in [-0.1, -0.05) is 0 Å². The molecule has 1 heterocycles. The van der Waals surface area contributed by atoms with Crippen molar-refractivity contribution in [2.45, 2.75) is 6.92 Å². The number of aromatic carboxylic acids is 1. The normalized spacial score (nSPS) is 12.2. The lowest BCUT2D eigenvalue weighted by atomic mass is 10.2. The van der Waals surface area contributed by atoms with E-state index in [1.54, 1.807) is 18.2 Å². The first-order chi connectivity index (χ1) is 13.3. The fourth-order valence-corrected chi connectivity index (χ4v) is 2.36. The summed E-state index contributed by atoms with van der Waals surface area (Å²) in [6.45, 7) is 1.29. The molecule has 10 heteroatoms. The van der Waals surface area contributed by atoms with Gasteiger partial charge in [0.05, 0.1) is 22.3 Å². The molecule has 5 N–H and O–H groups in total. The van der Waals surface area contributed by atoms with E-state index in [-0.39, 0.29) is 22.7 Å². The maximum Gasteiger partial charge on any atom is 0.335 e. The number of nitrogens with one attached hydrogen (secondary N) is 3. The highest BCUT2D eigenvalue weighted by atomic mass is 16.4. The number of hydrogen-bond donors (Lipinski definition) is 5. The number of aromatic amines is 2. The monoisotopic (exact) mass is 381 g/mol. The van der Waals surface area contributed by atoms with Crippen molar-refractivity contribution >= 4 is 34.3 Å². The number of allylic oxidation sites excluding steroid dienone is 1. The quantitative estimate of drug-likeness (QED) is 0.260. The number of benzene rings is 2. The second-order valence-corrected chi connectivity index (χ2v) is 5.78. The first kappa shape index (κ1) is 18.6. The molecule has 28 heavy (non-hydrogen) atoms. The molecular formula is C18H15N5O5. The summed E-state index contributed by atoms with van der Waals surface area (Å²) >= 11 is 0. The van der Waals surface area contributed by atoms with E-state index in [1.807, 2.05) is 0 Å². The van der Waals surface area contributed by atoms with Crippen molar-refractivity contribution in [1.29, 1.82) is 0 Å². The third kappa shape index (κ3) is 4.12. The summed E-state index contributed by atoms with van der Waals surface area (Å²) in [6, 6.07) is 10.3. The first-order valence-electron chi connectivity index (χ1n) is 8.02. The fraction of sp³-hybridized carbons (Fsp3) is 0.0556. The predicted octanol–water partition coefficient (Wildman–Crippen LogP) is 3.07. The minimum Gasteiger partial charge on any atom is -0.510 e. The van der Waals surface area contributed by atoms with E-state index in [0.717, 1.165) is 0 Å². The molecule has 0 aliphatic rings. The largest absolute Gasteiger partial charge is 0.510 e. The van der Waals surface area contributed by atoms with Gasteiger partial charge in [0.2, 0.25) is 0 Å². The summed E-state index contributed by atoms with van der Waals surface area (Å²) in [5, 5.41) is 28.8. The van der Waals surface area contributed by atoms with Crippen molar-refractivity contribution in [2.75, 3.05) is 5.32 Å². The van der Waals surface area contributed by atoms with Gasteiger partial charge in [-0.25, -0.2) is 9.59 Å². The Bertz CT molecular complexity index is 1170. The number of carboxylic acid groups (broad SMARTS) is 1. The number of H-pyrrole nitrogens is 2. The topological polar surface area (TPSA) is 160 Å². The molecule has 0 saturated heterocycles.